The van der Waals surface area contributed by atoms with E-state index >= 15 is 0 Å². The third kappa shape index (κ3) is 4.28. The standard InChI is InChI=1S/C22H33N5O3/c1-5-17(24-19(29)21(2,3)23)18(28)26-11-12-27-20(30)25(4)14-22(27,15-26)13-16-9-7-6-8-10-16/h6-10,17H,5,11-15,23H2,1-4H3,(H,24,29)/t17-,22?/m1/s1. The number of rotatable bonds is 6. The predicted octanol–water partition coefficient (Wildman–Crippen LogP) is 0.810. The number of fused-ring (bicyclic) bond motifs is 1. The van der Waals surface area contributed by atoms with E-state index in [2.05, 4.69) is 17.4 Å². The maximum atomic E-state index is 13.3. The van der Waals surface area contributed by atoms with Crippen LogP contribution in [0.4, 0.5) is 4.79 Å². The average Bonchev–Trinajstić information content (AvgIpc) is 2.94. The van der Waals surface area contributed by atoms with Gasteiger partial charge in [0.05, 0.1) is 11.1 Å². The van der Waals surface area contributed by atoms with Crippen molar-refractivity contribution in [2.45, 2.75) is 50.7 Å². The number of likely N-dealkylation sites (N-methyl/N-ethyl adjacent to an activating group) is 1. The second-order valence-electron chi connectivity index (χ2n) is 9.09. The van der Waals surface area contributed by atoms with Crippen LogP contribution < -0.4 is 11.1 Å². The molecule has 164 valence electrons. The molecule has 8 nitrogen and oxygen atoms in total. The Morgan fingerprint density at radius 2 is 1.87 bits per heavy atom. The van der Waals surface area contributed by atoms with E-state index in [-0.39, 0.29) is 17.8 Å². The van der Waals surface area contributed by atoms with Gasteiger partial charge in [-0.25, -0.2) is 4.79 Å². The zero-order chi connectivity index (χ0) is 22.1. The summed E-state index contributed by atoms with van der Waals surface area (Å²) in [5, 5.41) is 2.80. The zero-order valence-electron chi connectivity index (χ0n) is 18.4. The van der Waals surface area contributed by atoms with Crippen molar-refractivity contribution in [2.75, 3.05) is 33.2 Å². The van der Waals surface area contributed by atoms with Gasteiger partial charge in [-0.05, 0) is 32.3 Å². The van der Waals surface area contributed by atoms with Crippen LogP contribution in [-0.4, -0.2) is 82.9 Å². The van der Waals surface area contributed by atoms with E-state index in [0.717, 1.165) is 5.56 Å². The Hall–Kier alpha value is -2.61. The lowest BCUT2D eigenvalue weighted by molar-refractivity contribution is -0.140. The molecule has 1 aromatic rings. The van der Waals surface area contributed by atoms with Crippen molar-refractivity contribution in [3.63, 3.8) is 0 Å². The van der Waals surface area contributed by atoms with Gasteiger partial charge in [0.2, 0.25) is 11.8 Å². The molecular formula is C22H33N5O3. The highest BCUT2D eigenvalue weighted by Crippen LogP contribution is 2.33. The van der Waals surface area contributed by atoms with E-state index in [1.807, 2.05) is 30.0 Å². The van der Waals surface area contributed by atoms with Gasteiger partial charge in [-0.3, -0.25) is 9.59 Å². The molecule has 2 aliphatic rings. The van der Waals surface area contributed by atoms with E-state index in [1.165, 1.54) is 0 Å². The number of benzene rings is 1. The fourth-order valence-electron chi connectivity index (χ4n) is 4.40. The van der Waals surface area contributed by atoms with Gasteiger partial charge in [0.25, 0.3) is 0 Å². The Kier molecular flexibility index (Phi) is 6.08. The SMILES string of the molecule is CC[C@@H](NC(=O)C(C)(C)N)C(=O)N1CCN2C(=O)N(C)CC2(Cc2ccccc2)C1. The fourth-order valence-corrected chi connectivity index (χ4v) is 4.40. The molecule has 0 bridgehead atoms. The molecule has 2 atom stereocenters. The van der Waals surface area contributed by atoms with Gasteiger partial charge in [-0.2, -0.15) is 0 Å². The molecule has 3 N–H and O–H groups in total. The van der Waals surface area contributed by atoms with Crippen LogP contribution in [0.2, 0.25) is 0 Å². The summed E-state index contributed by atoms with van der Waals surface area (Å²) in [4.78, 5) is 43.8. The predicted molar refractivity (Wildman–Crippen MR) is 115 cm³/mol. The van der Waals surface area contributed by atoms with Crippen molar-refractivity contribution in [3.8, 4) is 0 Å². The number of hydrogen-bond donors (Lipinski definition) is 2. The number of carbonyl (C=O) groups excluding carboxylic acids is 3. The number of nitrogens with two attached hydrogens (primary N) is 1. The van der Waals surface area contributed by atoms with Crippen LogP contribution in [-0.2, 0) is 16.0 Å². The summed E-state index contributed by atoms with van der Waals surface area (Å²) in [7, 11) is 1.80. The average molecular weight is 416 g/mol. The molecule has 0 radical (unpaired) electrons. The first-order valence-corrected chi connectivity index (χ1v) is 10.5. The first-order chi connectivity index (χ1) is 14.1. The Balaban J connectivity index is 1.81. The smallest absolute Gasteiger partial charge is 0.320 e. The normalized spacial score (nSPS) is 22.7. The molecule has 30 heavy (non-hydrogen) atoms. The number of piperazine rings is 1. The van der Waals surface area contributed by atoms with E-state index < -0.39 is 17.1 Å². The third-order valence-electron chi connectivity index (χ3n) is 6.02. The zero-order valence-corrected chi connectivity index (χ0v) is 18.4. The highest BCUT2D eigenvalue weighted by molar-refractivity contribution is 5.91. The Morgan fingerprint density at radius 3 is 2.47 bits per heavy atom. The van der Waals surface area contributed by atoms with Crippen LogP contribution >= 0.6 is 0 Å². The Bertz CT molecular complexity index is 807. The monoisotopic (exact) mass is 415 g/mol. The number of hydrogen-bond acceptors (Lipinski definition) is 4. The summed E-state index contributed by atoms with van der Waals surface area (Å²) < 4.78 is 0. The van der Waals surface area contributed by atoms with Gasteiger partial charge in [0.1, 0.15) is 6.04 Å². The molecule has 2 saturated heterocycles. The molecule has 1 unspecified atom stereocenters. The fraction of sp³-hybridized carbons (Fsp3) is 0.591. The molecule has 0 saturated carbocycles. The summed E-state index contributed by atoms with van der Waals surface area (Å²) in [5.74, 6) is -0.472. The summed E-state index contributed by atoms with van der Waals surface area (Å²) >= 11 is 0. The minimum absolute atomic E-state index is 0.00301. The van der Waals surface area contributed by atoms with Gasteiger partial charge in [0, 0.05) is 33.2 Å². The molecule has 2 heterocycles. The highest BCUT2D eigenvalue weighted by atomic mass is 16.2. The molecular weight excluding hydrogens is 382 g/mol. The number of urea groups is 1. The summed E-state index contributed by atoms with van der Waals surface area (Å²) in [5.41, 5.74) is 5.48. The number of nitrogens with one attached hydrogen (secondary N) is 1. The molecule has 0 aliphatic carbocycles. The molecule has 8 heteroatoms. The lowest BCUT2D eigenvalue weighted by Crippen LogP contribution is -2.65. The second kappa shape index (κ2) is 8.26. The summed E-state index contributed by atoms with van der Waals surface area (Å²) in [6, 6.07) is 9.41. The molecule has 0 aromatic heterocycles. The van der Waals surface area contributed by atoms with Gasteiger partial charge >= 0.3 is 6.03 Å². The van der Waals surface area contributed by atoms with Gasteiger partial charge < -0.3 is 25.8 Å². The topological polar surface area (TPSA) is 99.0 Å². The first-order valence-electron chi connectivity index (χ1n) is 10.5. The number of nitrogens with zero attached hydrogens (tertiary/aromatic N) is 3. The molecule has 1 aromatic carbocycles. The number of amides is 4. The van der Waals surface area contributed by atoms with Crippen molar-refractivity contribution in [1.82, 2.24) is 20.0 Å². The van der Waals surface area contributed by atoms with Crippen LogP contribution in [0, 0.1) is 0 Å². The highest BCUT2D eigenvalue weighted by Gasteiger charge is 2.52. The molecule has 2 fully saturated rings. The van der Waals surface area contributed by atoms with E-state index in [0.29, 0.717) is 39.0 Å². The summed E-state index contributed by atoms with van der Waals surface area (Å²) in [6.45, 7) is 7.04. The van der Waals surface area contributed by atoms with Gasteiger partial charge in [-0.1, -0.05) is 37.3 Å². The van der Waals surface area contributed by atoms with E-state index in [1.54, 1.807) is 30.7 Å². The minimum Gasteiger partial charge on any atom is -0.343 e. The molecule has 3 rings (SSSR count). The van der Waals surface area contributed by atoms with Crippen molar-refractivity contribution in [3.05, 3.63) is 35.9 Å². The van der Waals surface area contributed by atoms with Crippen LogP contribution in [0.1, 0.15) is 32.8 Å². The van der Waals surface area contributed by atoms with Gasteiger partial charge in [0.15, 0.2) is 0 Å². The third-order valence-corrected chi connectivity index (χ3v) is 6.02. The van der Waals surface area contributed by atoms with Crippen LogP contribution in [0.5, 0.6) is 0 Å². The van der Waals surface area contributed by atoms with Crippen LogP contribution in [0.15, 0.2) is 30.3 Å². The lowest BCUT2D eigenvalue weighted by atomic mass is 9.87. The Labute approximate surface area is 178 Å². The van der Waals surface area contributed by atoms with Crippen LogP contribution in [0.25, 0.3) is 0 Å². The second-order valence-corrected chi connectivity index (χ2v) is 9.09. The number of carbonyl (C=O) groups is 3. The quantitative estimate of drug-likeness (QED) is 0.718. The lowest BCUT2D eigenvalue weighted by Gasteiger charge is -2.46. The van der Waals surface area contributed by atoms with Crippen molar-refractivity contribution >= 4 is 17.8 Å². The first kappa shape index (κ1) is 22.1. The van der Waals surface area contributed by atoms with Crippen molar-refractivity contribution in [2.24, 2.45) is 5.73 Å². The van der Waals surface area contributed by atoms with Crippen LogP contribution in [0.3, 0.4) is 0 Å². The maximum Gasteiger partial charge on any atom is 0.320 e. The largest absolute Gasteiger partial charge is 0.343 e. The van der Waals surface area contributed by atoms with Crippen molar-refractivity contribution in [1.29, 1.82) is 0 Å². The molecule has 2 aliphatic heterocycles. The van der Waals surface area contributed by atoms with E-state index in [4.69, 9.17) is 5.73 Å². The summed E-state index contributed by atoms with van der Waals surface area (Å²) in [6.07, 6.45) is 1.15. The van der Waals surface area contributed by atoms with Gasteiger partial charge in [-0.15, -0.1) is 0 Å². The molecule has 4 amide bonds. The van der Waals surface area contributed by atoms with Crippen molar-refractivity contribution < 1.29 is 14.4 Å². The minimum atomic E-state index is -1.05. The maximum absolute atomic E-state index is 13.3. The Morgan fingerprint density at radius 1 is 1.20 bits per heavy atom. The molecule has 0 spiro atoms. The van der Waals surface area contributed by atoms with E-state index in [9.17, 15) is 14.4 Å².